The molecule has 0 saturated carbocycles. The molecule has 0 unspecified atom stereocenters. The molecule has 14 heavy (non-hydrogen) atoms. The maximum Gasteiger partial charge on any atom is 0.226 e. The fourth-order valence-corrected chi connectivity index (χ4v) is 0.973. The number of rotatable bonds is 3. The summed E-state index contributed by atoms with van der Waals surface area (Å²) in [6.45, 7) is 0. The summed E-state index contributed by atoms with van der Waals surface area (Å²) >= 11 is 3.14. The Morgan fingerprint density at radius 1 is 1.57 bits per heavy atom. The third kappa shape index (κ3) is 3.54. The lowest BCUT2D eigenvalue weighted by Crippen LogP contribution is -2.12. The van der Waals surface area contributed by atoms with Gasteiger partial charge >= 0.3 is 0 Å². The van der Waals surface area contributed by atoms with Crippen molar-refractivity contribution in [2.75, 3.05) is 5.32 Å². The van der Waals surface area contributed by atoms with Crippen molar-refractivity contribution in [3.63, 3.8) is 0 Å². The van der Waals surface area contributed by atoms with Gasteiger partial charge in [0.05, 0.1) is 12.4 Å². The minimum atomic E-state index is -0.153. The fraction of sp³-hybridized carbons (Fsp3) is 0.222. The van der Waals surface area contributed by atoms with E-state index in [2.05, 4.69) is 37.1 Å². The summed E-state index contributed by atoms with van der Waals surface area (Å²) in [5, 5.41) is 2.58. The van der Waals surface area contributed by atoms with Gasteiger partial charge in [-0.15, -0.1) is 12.3 Å². The van der Waals surface area contributed by atoms with Gasteiger partial charge in [-0.1, -0.05) is 0 Å². The van der Waals surface area contributed by atoms with Crippen molar-refractivity contribution in [3.8, 4) is 12.3 Å². The predicted molar refractivity (Wildman–Crippen MR) is 56.4 cm³/mol. The van der Waals surface area contributed by atoms with Gasteiger partial charge in [0, 0.05) is 12.8 Å². The van der Waals surface area contributed by atoms with E-state index in [1.54, 1.807) is 0 Å². The van der Waals surface area contributed by atoms with Crippen molar-refractivity contribution in [1.29, 1.82) is 0 Å². The monoisotopic (exact) mass is 253 g/mol. The Morgan fingerprint density at radius 3 is 2.93 bits per heavy atom. The first-order valence-corrected chi connectivity index (χ1v) is 4.72. The topological polar surface area (TPSA) is 54.9 Å². The van der Waals surface area contributed by atoms with E-state index in [1.165, 1.54) is 12.4 Å². The number of carbonyl (C=O) groups is 1. The predicted octanol–water partition coefficient (Wildman–Crippen LogP) is 1.59. The molecule has 0 aromatic carbocycles. The van der Waals surface area contributed by atoms with Gasteiger partial charge in [-0.3, -0.25) is 4.79 Å². The molecule has 0 aliphatic carbocycles. The molecule has 1 aromatic heterocycles. The van der Waals surface area contributed by atoms with Crippen LogP contribution in [0.1, 0.15) is 12.8 Å². The van der Waals surface area contributed by atoms with Crippen LogP contribution >= 0.6 is 15.9 Å². The molecule has 1 heterocycles. The van der Waals surface area contributed by atoms with E-state index in [9.17, 15) is 4.79 Å². The van der Waals surface area contributed by atoms with Gasteiger partial charge in [0.15, 0.2) is 5.82 Å². The lowest BCUT2D eigenvalue weighted by Gasteiger charge is -2.01. The zero-order chi connectivity index (χ0) is 10.4. The van der Waals surface area contributed by atoms with E-state index in [0.717, 1.165) is 0 Å². The van der Waals surface area contributed by atoms with Crippen LogP contribution in [0.5, 0.6) is 0 Å². The Kier molecular flexibility index (Phi) is 4.08. The molecular weight excluding hydrogens is 246 g/mol. The number of hydrogen-bond acceptors (Lipinski definition) is 3. The Bertz CT molecular complexity index is 355. The van der Waals surface area contributed by atoms with Crippen LogP contribution in [0.25, 0.3) is 0 Å². The van der Waals surface area contributed by atoms with Crippen LogP contribution < -0.4 is 5.32 Å². The molecule has 0 saturated heterocycles. The highest BCUT2D eigenvalue weighted by Crippen LogP contribution is 2.06. The average molecular weight is 254 g/mol. The summed E-state index contributed by atoms with van der Waals surface area (Å²) in [7, 11) is 0. The second-order valence-electron chi connectivity index (χ2n) is 2.48. The molecule has 0 atom stereocenters. The average Bonchev–Trinajstić information content (AvgIpc) is 2.18. The van der Waals surface area contributed by atoms with Gasteiger partial charge in [0.1, 0.15) is 4.60 Å². The quantitative estimate of drug-likeness (QED) is 0.833. The number of terminal acetylenes is 1. The molecule has 1 amide bonds. The Morgan fingerprint density at radius 2 is 2.36 bits per heavy atom. The number of hydrogen-bond donors (Lipinski definition) is 1. The molecule has 1 rings (SSSR count). The van der Waals surface area contributed by atoms with Crippen LogP contribution in [0.15, 0.2) is 17.0 Å². The molecule has 0 spiro atoms. The zero-order valence-corrected chi connectivity index (χ0v) is 8.91. The van der Waals surface area contributed by atoms with Crippen molar-refractivity contribution in [2.45, 2.75) is 12.8 Å². The van der Waals surface area contributed by atoms with Crippen LogP contribution in [0.2, 0.25) is 0 Å². The Labute approximate surface area is 90.3 Å². The normalized spacial score (nSPS) is 9.14. The fourth-order valence-electron chi connectivity index (χ4n) is 0.768. The van der Waals surface area contributed by atoms with Gasteiger partial charge in [-0.25, -0.2) is 9.97 Å². The molecule has 0 bridgehead atoms. The third-order valence-electron chi connectivity index (χ3n) is 1.38. The lowest BCUT2D eigenvalue weighted by atomic mass is 10.3. The molecule has 0 aliphatic heterocycles. The van der Waals surface area contributed by atoms with Crippen molar-refractivity contribution in [1.82, 2.24) is 9.97 Å². The van der Waals surface area contributed by atoms with E-state index >= 15 is 0 Å². The molecule has 72 valence electrons. The minimum Gasteiger partial charge on any atom is -0.309 e. The first kappa shape index (κ1) is 10.7. The van der Waals surface area contributed by atoms with E-state index < -0.39 is 0 Å². The van der Waals surface area contributed by atoms with Crippen LogP contribution in [0, 0.1) is 12.3 Å². The van der Waals surface area contributed by atoms with Crippen LogP contribution in [-0.4, -0.2) is 15.9 Å². The van der Waals surface area contributed by atoms with Crippen LogP contribution in [0.4, 0.5) is 5.82 Å². The Hall–Kier alpha value is -1.41. The van der Waals surface area contributed by atoms with Gasteiger partial charge in [0.2, 0.25) is 5.91 Å². The van der Waals surface area contributed by atoms with Gasteiger partial charge in [-0.2, -0.15) is 0 Å². The number of carbonyl (C=O) groups excluding carboxylic acids is 1. The first-order chi connectivity index (χ1) is 6.72. The van der Waals surface area contributed by atoms with E-state index in [4.69, 9.17) is 6.42 Å². The third-order valence-corrected chi connectivity index (χ3v) is 1.79. The Balaban J connectivity index is 2.49. The number of anilines is 1. The molecule has 1 aromatic rings. The SMILES string of the molecule is C#CCCC(=O)Nc1cnc(Br)cn1. The van der Waals surface area contributed by atoms with Gasteiger partial charge in [-0.05, 0) is 15.9 Å². The first-order valence-electron chi connectivity index (χ1n) is 3.93. The van der Waals surface area contributed by atoms with E-state index in [-0.39, 0.29) is 5.91 Å². The number of amides is 1. The van der Waals surface area contributed by atoms with Crippen LogP contribution in [0.3, 0.4) is 0 Å². The molecular formula is C9H8BrN3O. The highest BCUT2D eigenvalue weighted by molar-refractivity contribution is 9.10. The molecule has 1 N–H and O–H groups in total. The minimum absolute atomic E-state index is 0.153. The highest BCUT2D eigenvalue weighted by Gasteiger charge is 2.01. The summed E-state index contributed by atoms with van der Waals surface area (Å²) in [5.74, 6) is 2.66. The summed E-state index contributed by atoms with van der Waals surface area (Å²) in [6, 6.07) is 0. The number of nitrogens with zero attached hydrogens (tertiary/aromatic N) is 2. The zero-order valence-electron chi connectivity index (χ0n) is 7.33. The maximum absolute atomic E-state index is 11.2. The lowest BCUT2D eigenvalue weighted by molar-refractivity contribution is -0.116. The molecule has 0 aliphatic rings. The molecule has 4 nitrogen and oxygen atoms in total. The highest BCUT2D eigenvalue weighted by atomic mass is 79.9. The van der Waals surface area contributed by atoms with Crippen LogP contribution in [-0.2, 0) is 4.79 Å². The van der Waals surface area contributed by atoms with Gasteiger partial charge in [0.25, 0.3) is 0 Å². The second-order valence-corrected chi connectivity index (χ2v) is 3.29. The number of nitrogens with one attached hydrogen (secondary N) is 1. The van der Waals surface area contributed by atoms with E-state index in [0.29, 0.717) is 23.3 Å². The molecule has 0 fully saturated rings. The van der Waals surface area contributed by atoms with Gasteiger partial charge < -0.3 is 5.32 Å². The summed E-state index contributed by atoms with van der Waals surface area (Å²) in [6.07, 6.45) is 8.73. The molecule has 5 heteroatoms. The summed E-state index contributed by atoms with van der Waals surface area (Å²) in [5.41, 5.74) is 0. The largest absolute Gasteiger partial charge is 0.309 e. The number of halogens is 1. The standard InChI is InChI=1S/C9H8BrN3O/c1-2-3-4-9(14)13-8-6-11-7(10)5-12-8/h1,5-6H,3-4H2,(H,12,13,14). The summed E-state index contributed by atoms with van der Waals surface area (Å²) in [4.78, 5) is 19.0. The van der Waals surface area contributed by atoms with Crippen molar-refractivity contribution in [3.05, 3.63) is 17.0 Å². The summed E-state index contributed by atoms with van der Waals surface area (Å²) < 4.78 is 0.624. The smallest absolute Gasteiger partial charge is 0.226 e. The number of aromatic nitrogens is 2. The molecule has 0 radical (unpaired) electrons. The maximum atomic E-state index is 11.2. The van der Waals surface area contributed by atoms with Crippen molar-refractivity contribution < 1.29 is 4.79 Å². The van der Waals surface area contributed by atoms with Crippen molar-refractivity contribution >= 4 is 27.7 Å². The second kappa shape index (κ2) is 5.35. The van der Waals surface area contributed by atoms with E-state index in [1.807, 2.05) is 0 Å². The van der Waals surface area contributed by atoms with Crippen molar-refractivity contribution in [2.24, 2.45) is 0 Å².